The van der Waals surface area contributed by atoms with E-state index in [2.05, 4.69) is 0 Å². The Morgan fingerprint density at radius 3 is 2.56 bits per heavy atom. The van der Waals surface area contributed by atoms with Crippen LogP contribution >= 0.6 is 0 Å². The van der Waals surface area contributed by atoms with Gasteiger partial charge in [0, 0.05) is 19.0 Å². The third-order valence-electron chi connectivity index (χ3n) is 2.95. The average Bonchev–Trinajstić information content (AvgIpc) is 2.35. The maximum Gasteiger partial charge on any atom is 0.309 e. The molecule has 0 aromatic rings. The van der Waals surface area contributed by atoms with Gasteiger partial charge in [-0.05, 0) is 12.8 Å². The molecule has 1 unspecified atom stereocenters. The first-order chi connectivity index (χ1) is 8.44. The zero-order valence-corrected chi connectivity index (χ0v) is 11.3. The van der Waals surface area contributed by atoms with Gasteiger partial charge in [0.25, 0.3) is 0 Å². The van der Waals surface area contributed by atoms with E-state index in [9.17, 15) is 13.2 Å². The molecule has 1 heterocycles. The Hall–Kier alpha value is -0.660. The first-order valence-corrected chi connectivity index (χ1v) is 7.89. The van der Waals surface area contributed by atoms with E-state index in [4.69, 9.17) is 14.6 Å². The van der Waals surface area contributed by atoms with Crippen LogP contribution in [-0.4, -0.2) is 56.9 Å². The molecule has 1 saturated heterocycles. The van der Waals surface area contributed by atoms with Crippen molar-refractivity contribution in [1.29, 1.82) is 0 Å². The van der Waals surface area contributed by atoms with Gasteiger partial charge < -0.3 is 14.6 Å². The van der Waals surface area contributed by atoms with Crippen LogP contribution in [0.1, 0.15) is 19.8 Å². The van der Waals surface area contributed by atoms with Crippen LogP contribution in [0.2, 0.25) is 0 Å². The number of hydrogen-bond donors (Lipinski definition) is 1. The predicted molar refractivity (Wildman–Crippen MR) is 65.2 cm³/mol. The number of ether oxygens (including phenoxy) is 2. The fraction of sp³-hybridized carbons (Fsp3) is 0.909. The molecule has 18 heavy (non-hydrogen) atoms. The molecule has 1 rings (SSSR count). The summed E-state index contributed by atoms with van der Waals surface area (Å²) in [7, 11) is -3.30. The fourth-order valence-corrected chi connectivity index (χ4v) is 2.80. The van der Waals surface area contributed by atoms with Gasteiger partial charge in [0.05, 0.1) is 24.4 Å². The molecular formula is C11H20O6S. The largest absolute Gasteiger partial charge is 0.481 e. The fourth-order valence-electron chi connectivity index (χ4n) is 1.71. The maximum absolute atomic E-state index is 11.4. The van der Waals surface area contributed by atoms with Gasteiger partial charge in [-0.3, -0.25) is 4.79 Å². The summed E-state index contributed by atoms with van der Waals surface area (Å²) in [6, 6.07) is 0. The van der Waals surface area contributed by atoms with Crippen molar-refractivity contribution in [3.8, 4) is 0 Å². The van der Waals surface area contributed by atoms with Crippen LogP contribution in [0.5, 0.6) is 0 Å². The molecule has 0 aromatic heterocycles. The molecule has 0 aliphatic carbocycles. The zero-order chi connectivity index (χ0) is 13.6. The molecule has 1 atom stereocenters. The summed E-state index contributed by atoms with van der Waals surface area (Å²) in [5.74, 6) is -2.52. The molecule has 6 nitrogen and oxygen atoms in total. The highest BCUT2D eigenvalue weighted by Crippen LogP contribution is 2.13. The van der Waals surface area contributed by atoms with Gasteiger partial charge in [-0.1, -0.05) is 6.92 Å². The van der Waals surface area contributed by atoms with Crippen molar-refractivity contribution in [1.82, 2.24) is 0 Å². The Morgan fingerprint density at radius 1 is 1.44 bits per heavy atom. The number of aliphatic carboxylic acids is 1. The summed E-state index contributed by atoms with van der Waals surface area (Å²) in [4.78, 5) is 11.0. The molecule has 106 valence electrons. The Kier molecular flexibility index (Phi) is 6.04. The summed E-state index contributed by atoms with van der Waals surface area (Å²) >= 11 is 0. The number of carboxylic acid groups (broad SMARTS) is 1. The monoisotopic (exact) mass is 280 g/mol. The third kappa shape index (κ3) is 5.32. The summed E-state index contributed by atoms with van der Waals surface area (Å²) in [6.45, 7) is 2.66. The minimum absolute atomic E-state index is 0.0232. The Morgan fingerprint density at radius 2 is 2.06 bits per heavy atom. The summed E-state index contributed by atoms with van der Waals surface area (Å²) < 4.78 is 33.5. The lowest BCUT2D eigenvalue weighted by atomic mass is 10.1. The number of sulfone groups is 1. The minimum Gasteiger partial charge on any atom is -0.481 e. The molecule has 7 heteroatoms. The van der Waals surface area contributed by atoms with Crippen molar-refractivity contribution in [2.45, 2.75) is 25.9 Å². The second-order valence-corrected chi connectivity index (χ2v) is 6.78. The summed E-state index contributed by atoms with van der Waals surface area (Å²) in [5.41, 5.74) is 0. The molecule has 0 amide bonds. The lowest BCUT2D eigenvalue weighted by Crippen LogP contribution is -2.32. The van der Waals surface area contributed by atoms with Crippen molar-refractivity contribution in [3.63, 3.8) is 0 Å². The van der Waals surface area contributed by atoms with Crippen LogP contribution < -0.4 is 0 Å². The molecule has 0 aromatic carbocycles. The van der Waals surface area contributed by atoms with Gasteiger partial charge in [-0.2, -0.15) is 0 Å². The Balaban J connectivity index is 2.45. The highest BCUT2D eigenvalue weighted by molar-refractivity contribution is 7.91. The van der Waals surface area contributed by atoms with E-state index in [-0.39, 0.29) is 24.2 Å². The number of hydrogen-bond acceptors (Lipinski definition) is 5. The topological polar surface area (TPSA) is 89.9 Å². The van der Waals surface area contributed by atoms with Gasteiger partial charge in [-0.15, -0.1) is 0 Å². The van der Waals surface area contributed by atoms with Crippen LogP contribution in [0.3, 0.4) is 0 Å². The molecule has 1 N–H and O–H groups in total. The molecule has 0 spiro atoms. The molecule has 0 saturated carbocycles. The molecule has 0 radical (unpaired) electrons. The summed E-state index contributed by atoms with van der Waals surface area (Å²) in [5, 5.41) is 8.99. The highest BCUT2D eigenvalue weighted by Gasteiger charge is 2.26. The van der Waals surface area contributed by atoms with E-state index in [1.807, 2.05) is 0 Å². The van der Waals surface area contributed by atoms with E-state index >= 15 is 0 Å². The maximum atomic E-state index is 11.4. The Labute approximate surface area is 107 Å². The van der Waals surface area contributed by atoms with Crippen molar-refractivity contribution in [2.75, 3.05) is 31.3 Å². The van der Waals surface area contributed by atoms with Crippen LogP contribution in [0.15, 0.2) is 0 Å². The molecule has 1 aliphatic heterocycles. The van der Waals surface area contributed by atoms with Crippen LogP contribution in [0, 0.1) is 5.92 Å². The highest BCUT2D eigenvalue weighted by atomic mass is 32.2. The second-order valence-electron chi connectivity index (χ2n) is 4.38. The minimum atomic E-state index is -3.30. The van der Waals surface area contributed by atoms with Gasteiger partial charge in [-0.25, -0.2) is 8.42 Å². The molecule has 1 fully saturated rings. The normalized spacial score (nSPS) is 19.6. The van der Waals surface area contributed by atoms with E-state index in [1.165, 1.54) is 6.92 Å². The molecule has 1 aliphatic rings. The van der Waals surface area contributed by atoms with E-state index < -0.39 is 21.7 Å². The van der Waals surface area contributed by atoms with Crippen LogP contribution in [0.25, 0.3) is 0 Å². The SMILES string of the molecule is CCS(=O)(=O)CC(COC1CCOCC1)C(=O)O. The molecule has 0 bridgehead atoms. The van der Waals surface area contributed by atoms with Crippen molar-refractivity contribution < 1.29 is 27.8 Å². The van der Waals surface area contributed by atoms with Gasteiger partial charge in [0.15, 0.2) is 9.84 Å². The standard InChI is InChI=1S/C11H20O6S/c1-2-18(14,15)8-9(11(12)13)7-17-10-3-5-16-6-4-10/h9-10H,2-8H2,1H3,(H,12,13). The number of rotatable bonds is 7. The number of carboxylic acids is 1. The van der Waals surface area contributed by atoms with Gasteiger partial charge in [0.2, 0.25) is 0 Å². The van der Waals surface area contributed by atoms with E-state index in [0.717, 1.165) is 12.8 Å². The number of carbonyl (C=O) groups is 1. The predicted octanol–water partition coefficient (Wildman–Crippen LogP) is 0.318. The zero-order valence-electron chi connectivity index (χ0n) is 10.5. The average molecular weight is 280 g/mol. The first kappa shape index (κ1) is 15.4. The quantitative estimate of drug-likeness (QED) is 0.722. The lowest BCUT2D eigenvalue weighted by molar-refractivity contribution is -0.144. The smallest absolute Gasteiger partial charge is 0.309 e. The summed E-state index contributed by atoms with van der Waals surface area (Å²) in [6.07, 6.45) is 1.43. The van der Waals surface area contributed by atoms with Crippen molar-refractivity contribution >= 4 is 15.8 Å². The van der Waals surface area contributed by atoms with Crippen molar-refractivity contribution in [2.24, 2.45) is 5.92 Å². The van der Waals surface area contributed by atoms with Crippen LogP contribution in [-0.2, 0) is 24.1 Å². The first-order valence-electron chi connectivity index (χ1n) is 6.07. The van der Waals surface area contributed by atoms with E-state index in [0.29, 0.717) is 13.2 Å². The van der Waals surface area contributed by atoms with Gasteiger partial charge in [0.1, 0.15) is 0 Å². The third-order valence-corrected chi connectivity index (χ3v) is 4.74. The van der Waals surface area contributed by atoms with E-state index in [1.54, 1.807) is 0 Å². The van der Waals surface area contributed by atoms with Gasteiger partial charge >= 0.3 is 5.97 Å². The molecular weight excluding hydrogens is 260 g/mol. The van der Waals surface area contributed by atoms with Crippen LogP contribution in [0.4, 0.5) is 0 Å². The Bertz CT molecular complexity index is 358. The van der Waals surface area contributed by atoms with Crippen molar-refractivity contribution in [3.05, 3.63) is 0 Å². The second kappa shape index (κ2) is 7.06. The lowest BCUT2D eigenvalue weighted by Gasteiger charge is -2.24.